The summed E-state index contributed by atoms with van der Waals surface area (Å²) in [5.41, 5.74) is 3.00. The molecular formula is C19H26N4O2. The molecule has 0 saturated carbocycles. The van der Waals surface area contributed by atoms with E-state index in [1.165, 1.54) is 4.90 Å². The molecule has 0 radical (unpaired) electrons. The monoisotopic (exact) mass is 342 g/mol. The maximum atomic E-state index is 12.7. The summed E-state index contributed by atoms with van der Waals surface area (Å²) in [7, 11) is 0. The highest BCUT2D eigenvalue weighted by Gasteiger charge is 2.21. The Bertz CT molecular complexity index is 737. The lowest BCUT2D eigenvalue weighted by Crippen LogP contribution is -2.38. The summed E-state index contributed by atoms with van der Waals surface area (Å²) in [5, 5.41) is 9.85. The number of nitrogens with one attached hydrogen (secondary N) is 2. The number of aromatic amines is 1. The van der Waals surface area contributed by atoms with Crippen LogP contribution in [0.15, 0.2) is 30.3 Å². The van der Waals surface area contributed by atoms with E-state index in [1.807, 2.05) is 52.0 Å². The number of hydrogen-bond donors (Lipinski definition) is 2. The van der Waals surface area contributed by atoms with Gasteiger partial charge in [0.15, 0.2) is 0 Å². The lowest BCUT2D eigenvalue weighted by molar-refractivity contribution is -0.116. The molecule has 2 aromatic rings. The summed E-state index contributed by atoms with van der Waals surface area (Å²) >= 11 is 0. The lowest BCUT2D eigenvalue weighted by atomic mass is 10.1. The van der Waals surface area contributed by atoms with Gasteiger partial charge in [0.05, 0.1) is 0 Å². The van der Waals surface area contributed by atoms with Gasteiger partial charge in [0, 0.05) is 17.9 Å². The molecule has 2 amide bonds. The molecule has 2 N–H and O–H groups in total. The fourth-order valence-corrected chi connectivity index (χ4v) is 2.50. The quantitative estimate of drug-likeness (QED) is 0.810. The molecule has 0 fully saturated rings. The molecule has 134 valence electrons. The van der Waals surface area contributed by atoms with Crippen molar-refractivity contribution in [1.82, 2.24) is 15.1 Å². The molecule has 2 rings (SSSR count). The summed E-state index contributed by atoms with van der Waals surface area (Å²) in [6.07, 6.45) is 0.769. The van der Waals surface area contributed by atoms with Crippen molar-refractivity contribution in [3.63, 3.8) is 0 Å². The van der Waals surface area contributed by atoms with Crippen LogP contribution >= 0.6 is 0 Å². The SMILES string of the molecule is CCCN(CC(=O)Nc1ccccc1C)C(=O)c1cc(C(C)C)[nH]n1. The number of hydrogen-bond acceptors (Lipinski definition) is 3. The van der Waals surface area contributed by atoms with Crippen molar-refractivity contribution in [1.29, 1.82) is 0 Å². The molecule has 1 aromatic heterocycles. The van der Waals surface area contributed by atoms with Gasteiger partial charge in [0.1, 0.15) is 12.2 Å². The van der Waals surface area contributed by atoms with Crippen molar-refractivity contribution in [2.75, 3.05) is 18.4 Å². The number of para-hydroxylation sites is 1. The highest BCUT2D eigenvalue weighted by Crippen LogP contribution is 2.15. The topological polar surface area (TPSA) is 78.1 Å². The van der Waals surface area contributed by atoms with Crippen LogP contribution in [0.3, 0.4) is 0 Å². The van der Waals surface area contributed by atoms with Gasteiger partial charge >= 0.3 is 0 Å². The van der Waals surface area contributed by atoms with E-state index in [2.05, 4.69) is 15.5 Å². The van der Waals surface area contributed by atoms with Crippen molar-refractivity contribution in [2.45, 2.75) is 40.0 Å². The standard InChI is InChI=1S/C19H26N4O2/c1-5-10-23(19(25)17-11-16(13(2)3)21-22-17)12-18(24)20-15-9-7-6-8-14(15)4/h6-9,11,13H,5,10,12H2,1-4H3,(H,20,24)(H,21,22). The lowest BCUT2D eigenvalue weighted by Gasteiger charge is -2.20. The molecule has 1 heterocycles. The van der Waals surface area contributed by atoms with Crippen LogP contribution in [0.4, 0.5) is 5.69 Å². The molecule has 25 heavy (non-hydrogen) atoms. The van der Waals surface area contributed by atoms with Crippen LogP contribution < -0.4 is 5.32 Å². The van der Waals surface area contributed by atoms with Gasteiger partial charge in [-0.05, 0) is 37.0 Å². The van der Waals surface area contributed by atoms with Crippen LogP contribution in [0.5, 0.6) is 0 Å². The molecule has 6 heteroatoms. The van der Waals surface area contributed by atoms with Crippen LogP contribution in [0.25, 0.3) is 0 Å². The number of aromatic nitrogens is 2. The number of H-pyrrole nitrogens is 1. The molecular weight excluding hydrogens is 316 g/mol. The minimum atomic E-state index is -0.232. The zero-order valence-electron chi connectivity index (χ0n) is 15.3. The minimum absolute atomic E-state index is 0.00484. The normalized spacial score (nSPS) is 10.8. The zero-order chi connectivity index (χ0) is 18.4. The molecule has 0 bridgehead atoms. The molecule has 0 atom stereocenters. The van der Waals surface area contributed by atoms with Crippen LogP contribution in [-0.4, -0.2) is 40.0 Å². The van der Waals surface area contributed by atoms with E-state index in [0.717, 1.165) is 23.4 Å². The van der Waals surface area contributed by atoms with E-state index in [4.69, 9.17) is 0 Å². The number of aryl methyl sites for hydroxylation is 1. The van der Waals surface area contributed by atoms with Crippen molar-refractivity contribution < 1.29 is 9.59 Å². The number of anilines is 1. The Labute approximate surface area is 148 Å². The van der Waals surface area contributed by atoms with Crippen LogP contribution in [0.1, 0.15) is 54.9 Å². The third kappa shape index (κ3) is 4.92. The molecule has 0 aliphatic rings. The highest BCUT2D eigenvalue weighted by molar-refractivity contribution is 5.98. The Hall–Kier alpha value is -2.63. The van der Waals surface area contributed by atoms with Crippen molar-refractivity contribution >= 4 is 17.5 Å². The van der Waals surface area contributed by atoms with E-state index >= 15 is 0 Å². The van der Waals surface area contributed by atoms with Gasteiger partial charge in [-0.15, -0.1) is 0 Å². The average Bonchev–Trinajstić information content (AvgIpc) is 3.06. The van der Waals surface area contributed by atoms with Gasteiger partial charge in [-0.2, -0.15) is 5.10 Å². The number of benzene rings is 1. The zero-order valence-corrected chi connectivity index (χ0v) is 15.3. The Balaban J connectivity index is 2.07. The Kier molecular flexibility index (Phi) is 6.33. The second-order valence-electron chi connectivity index (χ2n) is 6.45. The van der Waals surface area contributed by atoms with E-state index in [9.17, 15) is 9.59 Å². The fourth-order valence-electron chi connectivity index (χ4n) is 2.50. The van der Waals surface area contributed by atoms with E-state index in [-0.39, 0.29) is 24.3 Å². The first kappa shape index (κ1) is 18.7. The minimum Gasteiger partial charge on any atom is -0.328 e. The predicted octanol–water partition coefficient (Wildman–Crippen LogP) is 3.33. The van der Waals surface area contributed by atoms with Crippen LogP contribution in [0.2, 0.25) is 0 Å². The molecule has 0 saturated heterocycles. The summed E-state index contributed by atoms with van der Waals surface area (Å²) < 4.78 is 0. The summed E-state index contributed by atoms with van der Waals surface area (Å²) in [4.78, 5) is 26.6. The summed E-state index contributed by atoms with van der Waals surface area (Å²) in [5.74, 6) is -0.182. The maximum absolute atomic E-state index is 12.7. The molecule has 0 unspecified atom stereocenters. The number of carbonyl (C=O) groups is 2. The van der Waals surface area contributed by atoms with Gasteiger partial charge in [-0.1, -0.05) is 39.0 Å². The largest absolute Gasteiger partial charge is 0.328 e. The second kappa shape index (κ2) is 8.46. The van der Waals surface area contributed by atoms with Gasteiger partial charge < -0.3 is 10.2 Å². The van der Waals surface area contributed by atoms with E-state index in [1.54, 1.807) is 6.07 Å². The van der Waals surface area contributed by atoms with E-state index < -0.39 is 0 Å². The Morgan fingerprint density at radius 2 is 2.00 bits per heavy atom. The molecule has 0 aliphatic heterocycles. The van der Waals surface area contributed by atoms with Gasteiger partial charge in [0.2, 0.25) is 5.91 Å². The van der Waals surface area contributed by atoms with Crippen molar-refractivity contribution in [2.24, 2.45) is 0 Å². The average molecular weight is 342 g/mol. The number of amides is 2. The Morgan fingerprint density at radius 1 is 1.28 bits per heavy atom. The van der Waals surface area contributed by atoms with Crippen LogP contribution in [0, 0.1) is 6.92 Å². The number of rotatable bonds is 7. The summed E-state index contributed by atoms with van der Waals surface area (Å²) in [6.45, 7) is 8.47. The highest BCUT2D eigenvalue weighted by atomic mass is 16.2. The number of carbonyl (C=O) groups excluding carboxylic acids is 2. The van der Waals surface area contributed by atoms with Gasteiger partial charge in [-0.3, -0.25) is 14.7 Å². The first-order chi connectivity index (χ1) is 11.9. The summed E-state index contributed by atoms with van der Waals surface area (Å²) in [6, 6.07) is 9.33. The Morgan fingerprint density at radius 3 is 2.60 bits per heavy atom. The predicted molar refractivity (Wildman–Crippen MR) is 98.7 cm³/mol. The first-order valence-corrected chi connectivity index (χ1v) is 8.62. The maximum Gasteiger partial charge on any atom is 0.274 e. The van der Waals surface area contributed by atoms with Gasteiger partial charge in [-0.25, -0.2) is 0 Å². The number of nitrogens with zero attached hydrogens (tertiary/aromatic N) is 2. The second-order valence-corrected chi connectivity index (χ2v) is 6.45. The molecule has 6 nitrogen and oxygen atoms in total. The van der Waals surface area contributed by atoms with Crippen molar-refractivity contribution in [3.8, 4) is 0 Å². The van der Waals surface area contributed by atoms with E-state index in [0.29, 0.717) is 12.2 Å². The fraction of sp³-hybridized carbons (Fsp3) is 0.421. The van der Waals surface area contributed by atoms with Crippen molar-refractivity contribution in [3.05, 3.63) is 47.3 Å². The first-order valence-electron chi connectivity index (χ1n) is 8.62. The molecule has 1 aromatic carbocycles. The third-order valence-corrected chi connectivity index (χ3v) is 3.97. The van der Waals surface area contributed by atoms with Crippen LogP contribution in [-0.2, 0) is 4.79 Å². The van der Waals surface area contributed by atoms with Gasteiger partial charge in [0.25, 0.3) is 5.91 Å². The molecule has 0 spiro atoms. The third-order valence-electron chi connectivity index (χ3n) is 3.97. The smallest absolute Gasteiger partial charge is 0.274 e. The molecule has 0 aliphatic carbocycles.